The van der Waals surface area contributed by atoms with E-state index in [1.54, 1.807) is 13.2 Å². The van der Waals surface area contributed by atoms with Crippen LogP contribution in [0.5, 0.6) is 0 Å². The van der Waals surface area contributed by atoms with Crippen LogP contribution in [0.25, 0.3) is 0 Å². The molecule has 3 atom stereocenters. The summed E-state index contributed by atoms with van der Waals surface area (Å²) in [7, 11) is 3.84. The number of likely N-dealkylation sites (N-methyl/N-ethyl adjacent to an activating group) is 1. The Morgan fingerprint density at radius 3 is 2.48 bits per heavy atom. The number of hydrogen-bond donors (Lipinski definition) is 2. The molecule has 3 aromatic rings. The average molecular weight is 598 g/mol. The maximum absolute atomic E-state index is 12.4. The van der Waals surface area contributed by atoms with Crippen molar-refractivity contribution in [3.63, 3.8) is 0 Å². The number of hydrogen-bond acceptors (Lipinski definition) is 8. The Hall–Kier alpha value is -4.02. The summed E-state index contributed by atoms with van der Waals surface area (Å²) in [5.41, 5.74) is 6.27. The predicted octanol–water partition coefficient (Wildman–Crippen LogP) is 2.83. The van der Waals surface area contributed by atoms with Crippen molar-refractivity contribution in [3.05, 3.63) is 87.3 Å². The Bertz CT molecular complexity index is 1560. The Morgan fingerprint density at radius 1 is 0.955 bits per heavy atom. The van der Waals surface area contributed by atoms with Crippen LogP contribution in [0.15, 0.2) is 59.5 Å². The van der Waals surface area contributed by atoms with Crippen LogP contribution < -0.4 is 21.1 Å². The molecule has 44 heavy (non-hydrogen) atoms. The van der Waals surface area contributed by atoms with Crippen LogP contribution in [-0.2, 0) is 23.2 Å². The van der Waals surface area contributed by atoms with Gasteiger partial charge < -0.3 is 15.1 Å². The monoisotopic (exact) mass is 597 g/mol. The van der Waals surface area contributed by atoms with Crippen molar-refractivity contribution in [2.45, 2.75) is 50.6 Å². The highest BCUT2D eigenvalue weighted by Gasteiger charge is 2.29. The van der Waals surface area contributed by atoms with Gasteiger partial charge in [0.15, 0.2) is 0 Å². The summed E-state index contributed by atoms with van der Waals surface area (Å²) in [5.74, 6) is -0.203. The van der Waals surface area contributed by atoms with Gasteiger partial charge in [-0.15, -0.1) is 0 Å². The molecule has 0 saturated carbocycles. The molecule has 10 heteroatoms. The number of piperazine rings is 1. The first-order valence-electron chi connectivity index (χ1n) is 15.7. The van der Waals surface area contributed by atoms with Crippen molar-refractivity contribution in [2.75, 3.05) is 56.5 Å². The molecule has 3 aliphatic heterocycles. The quantitative estimate of drug-likeness (QED) is 0.401. The highest BCUT2D eigenvalue weighted by molar-refractivity contribution is 6.01. The SMILES string of the molecule is Cc1c(N[C@H]2C[C@@H](c3ccc(CN4CCN(c5cccc(C6CCC(=O)NC6=O)c5)CC4)cc3)CN(C)C2)cnn(C)c1=O. The lowest BCUT2D eigenvalue weighted by Crippen LogP contribution is -2.46. The number of nitrogens with one attached hydrogen (secondary N) is 2. The number of rotatable bonds is 7. The van der Waals surface area contributed by atoms with Gasteiger partial charge in [0.2, 0.25) is 11.8 Å². The molecule has 2 amide bonds. The molecule has 0 bridgehead atoms. The van der Waals surface area contributed by atoms with Crippen molar-refractivity contribution in [3.8, 4) is 0 Å². The van der Waals surface area contributed by atoms with Gasteiger partial charge in [0.1, 0.15) is 0 Å². The van der Waals surface area contributed by atoms with Crippen molar-refractivity contribution in [1.29, 1.82) is 0 Å². The maximum Gasteiger partial charge on any atom is 0.271 e. The summed E-state index contributed by atoms with van der Waals surface area (Å²) >= 11 is 0. The lowest BCUT2D eigenvalue weighted by molar-refractivity contribution is -0.134. The van der Waals surface area contributed by atoms with Gasteiger partial charge in [0, 0.05) is 76.6 Å². The van der Waals surface area contributed by atoms with Gasteiger partial charge in [0.25, 0.3) is 5.56 Å². The molecular weight excluding hydrogens is 554 g/mol. The van der Waals surface area contributed by atoms with Gasteiger partial charge in [-0.1, -0.05) is 36.4 Å². The molecule has 232 valence electrons. The number of amides is 2. The normalized spacial score (nSPS) is 23.4. The second kappa shape index (κ2) is 12.9. The van der Waals surface area contributed by atoms with Crippen molar-refractivity contribution in [2.24, 2.45) is 7.05 Å². The zero-order chi connectivity index (χ0) is 30.8. The number of aromatic nitrogens is 2. The Kier molecular flexibility index (Phi) is 8.81. The van der Waals surface area contributed by atoms with Gasteiger partial charge in [-0.3, -0.25) is 24.6 Å². The van der Waals surface area contributed by atoms with Crippen LogP contribution in [-0.4, -0.2) is 83.8 Å². The van der Waals surface area contributed by atoms with E-state index in [2.05, 4.69) is 73.9 Å². The van der Waals surface area contributed by atoms with Crippen LogP contribution in [0.2, 0.25) is 0 Å². The largest absolute Gasteiger partial charge is 0.379 e. The number of piperidine rings is 2. The van der Waals surface area contributed by atoms with Crippen LogP contribution in [0.1, 0.15) is 53.4 Å². The highest BCUT2D eigenvalue weighted by Crippen LogP contribution is 2.30. The second-order valence-corrected chi connectivity index (χ2v) is 12.7. The Labute approximate surface area is 259 Å². The standard InChI is InChI=1S/C34H43N7O3/c1-23-31(19-35-39(3)34(23)44)36-28-17-27(21-38(2)22-28)25-9-7-24(8-10-25)20-40-13-15-41(16-14-40)29-6-4-5-26(18-29)30-11-12-32(42)37-33(30)43/h4-10,18-19,27-28,30,36H,11-17,20-22H2,1-3H3,(H,37,42,43)/t27-,28+,30?/m1/s1. The van der Waals surface area contributed by atoms with Gasteiger partial charge in [-0.05, 0) is 61.6 Å². The van der Waals surface area contributed by atoms with E-state index in [9.17, 15) is 14.4 Å². The molecule has 2 aromatic carbocycles. The number of likely N-dealkylation sites (tertiary alicyclic amines) is 1. The molecule has 3 saturated heterocycles. The van der Waals surface area contributed by atoms with Crippen LogP contribution in [0.3, 0.4) is 0 Å². The summed E-state index contributed by atoms with van der Waals surface area (Å²) in [6, 6.07) is 17.6. The third kappa shape index (κ3) is 6.71. The maximum atomic E-state index is 12.4. The third-order valence-corrected chi connectivity index (χ3v) is 9.48. The minimum atomic E-state index is -0.256. The highest BCUT2D eigenvalue weighted by atomic mass is 16.2. The number of benzene rings is 2. The van der Waals surface area contributed by atoms with E-state index < -0.39 is 0 Å². The molecule has 1 aromatic heterocycles. The zero-order valence-electron chi connectivity index (χ0n) is 26.0. The van der Waals surface area contributed by atoms with Gasteiger partial charge >= 0.3 is 0 Å². The molecule has 0 aliphatic carbocycles. The molecule has 3 aliphatic rings. The van der Waals surface area contributed by atoms with E-state index >= 15 is 0 Å². The van der Waals surface area contributed by atoms with E-state index in [1.807, 2.05) is 19.1 Å². The summed E-state index contributed by atoms with van der Waals surface area (Å²) in [6.45, 7) is 8.54. The molecule has 0 spiro atoms. The van der Waals surface area contributed by atoms with E-state index in [-0.39, 0.29) is 29.3 Å². The Morgan fingerprint density at radius 2 is 1.73 bits per heavy atom. The molecule has 6 rings (SSSR count). The zero-order valence-corrected chi connectivity index (χ0v) is 26.0. The molecule has 10 nitrogen and oxygen atoms in total. The summed E-state index contributed by atoms with van der Waals surface area (Å²) in [6.07, 6.45) is 3.73. The lowest BCUT2D eigenvalue weighted by atomic mass is 9.87. The minimum absolute atomic E-state index is 0.0632. The van der Waals surface area contributed by atoms with E-state index in [4.69, 9.17) is 0 Å². The van der Waals surface area contributed by atoms with Gasteiger partial charge in [0.05, 0.1) is 17.8 Å². The fourth-order valence-corrected chi connectivity index (χ4v) is 6.95. The van der Waals surface area contributed by atoms with Crippen LogP contribution in [0.4, 0.5) is 11.4 Å². The smallest absolute Gasteiger partial charge is 0.271 e. The lowest BCUT2D eigenvalue weighted by Gasteiger charge is -2.37. The summed E-state index contributed by atoms with van der Waals surface area (Å²) in [5, 5.41) is 10.3. The summed E-state index contributed by atoms with van der Waals surface area (Å²) in [4.78, 5) is 43.5. The van der Waals surface area contributed by atoms with Crippen LogP contribution in [0, 0.1) is 6.92 Å². The topological polar surface area (TPSA) is 103 Å². The number of carbonyl (C=O) groups excluding carboxylic acids is 2. The second-order valence-electron chi connectivity index (χ2n) is 12.7. The number of aryl methyl sites for hydroxylation is 1. The molecule has 3 fully saturated rings. The van der Waals surface area contributed by atoms with E-state index in [0.29, 0.717) is 24.3 Å². The summed E-state index contributed by atoms with van der Waals surface area (Å²) < 4.78 is 1.38. The first-order chi connectivity index (χ1) is 21.2. The van der Waals surface area contributed by atoms with Crippen LogP contribution >= 0.6 is 0 Å². The predicted molar refractivity (Wildman–Crippen MR) is 172 cm³/mol. The molecule has 2 N–H and O–H groups in total. The third-order valence-electron chi connectivity index (χ3n) is 9.48. The number of imide groups is 1. The van der Waals surface area contributed by atoms with Crippen molar-refractivity contribution in [1.82, 2.24) is 24.9 Å². The number of anilines is 2. The first kappa shape index (κ1) is 30.0. The first-order valence-corrected chi connectivity index (χ1v) is 15.7. The fourth-order valence-electron chi connectivity index (χ4n) is 6.95. The molecule has 4 heterocycles. The number of carbonyl (C=O) groups is 2. The van der Waals surface area contributed by atoms with E-state index in [1.165, 1.54) is 15.8 Å². The Balaban J connectivity index is 1.02. The molecule has 1 unspecified atom stereocenters. The molecule has 0 radical (unpaired) electrons. The van der Waals surface area contributed by atoms with Crippen molar-refractivity contribution < 1.29 is 9.59 Å². The van der Waals surface area contributed by atoms with Crippen molar-refractivity contribution >= 4 is 23.2 Å². The van der Waals surface area contributed by atoms with E-state index in [0.717, 1.165) is 69.2 Å². The number of nitrogens with zero attached hydrogens (tertiary/aromatic N) is 5. The average Bonchev–Trinajstić information content (AvgIpc) is 3.02. The van der Waals surface area contributed by atoms with Gasteiger partial charge in [-0.25, -0.2) is 4.68 Å². The minimum Gasteiger partial charge on any atom is -0.379 e. The van der Waals surface area contributed by atoms with Gasteiger partial charge in [-0.2, -0.15) is 5.10 Å². The molecular formula is C34H43N7O3. The fraction of sp³-hybridized carbons (Fsp3) is 0.471.